The molecule has 378 valence electrons. The molecule has 0 bridgehead atoms. The third kappa shape index (κ3) is 52.6. The average molecular weight is 927 g/mol. The minimum absolute atomic E-state index is 0.127. The molecule has 0 aromatic carbocycles. The van der Waals surface area contributed by atoms with Crippen LogP contribution < -0.4 is 0 Å². The van der Waals surface area contributed by atoms with Crippen molar-refractivity contribution in [1.82, 2.24) is 0 Å². The molecule has 6 nitrogen and oxygen atoms in total. The molecule has 0 aromatic heterocycles. The van der Waals surface area contributed by atoms with Crippen LogP contribution in [0.15, 0.2) is 122 Å². The number of hydrogen-bond acceptors (Lipinski definition) is 6. The van der Waals surface area contributed by atoms with Crippen molar-refractivity contribution in [2.75, 3.05) is 13.2 Å². The Labute approximate surface area is 412 Å². The van der Waals surface area contributed by atoms with E-state index in [0.29, 0.717) is 19.3 Å². The standard InChI is InChI=1S/C61H98O6/c1-4-7-10-13-16-19-22-25-28-30-33-36-39-42-45-48-51-54-60(63)66-57-58(56-65-59(62)53-50-47-44-41-38-35-32-27-24-21-18-15-12-9-6-3)67-61(64)55-52-49-46-43-40-37-34-31-29-26-23-20-17-14-11-8-5-2/h16-21,25-29,32-34,36-38,41,43,46,58H,4-15,22-24,30-31,35,39-40,42,44-45,47-57H2,1-3H3/b19-16-,20-17-,21-18-,28-25-,29-26-,32-27-,36-33-,37-34-,41-38-,46-43-/t58-/m0/s1. The van der Waals surface area contributed by atoms with Gasteiger partial charge < -0.3 is 14.2 Å². The van der Waals surface area contributed by atoms with Gasteiger partial charge in [-0.3, -0.25) is 14.4 Å². The van der Waals surface area contributed by atoms with Gasteiger partial charge in [0.1, 0.15) is 13.2 Å². The van der Waals surface area contributed by atoms with Crippen molar-refractivity contribution >= 4 is 17.9 Å². The third-order valence-corrected chi connectivity index (χ3v) is 10.9. The zero-order valence-electron chi connectivity index (χ0n) is 43.1. The van der Waals surface area contributed by atoms with Gasteiger partial charge in [0.25, 0.3) is 0 Å². The lowest BCUT2D eigenvalue weighted by molar-refractivity contribution is -0.167. The fourth-order valence-corrected chi connectivity index (χ4v) is 6.80. The molecule has 0 rings (SSSR count). The highest BCUT2D eigenvalue weighted by molar-refractivity contribution is 5.71. The second kappa shape index (κ2) is 54.4. The molecule has 0 saturated carbocycles. The van der Waals surface area contributed by atoms with E-state index in [2.05, 4.69) is 142 Å². The summed E-state index contributed by atoms with van der Waals surface area (Å²) >= 11 is 0. The highest BCUT2D eigenvalue weighted by Crippen LogP contribution is 2.11. The van der Waals surface area contributed by atoms with Crippen LogP contribution >= 0.6 is 0 Å². The number of carbonyl (C=O) groups is 3. The quantitative estimate of drug-likeness (QED) is 0.0262. The molecule has 1 atom stereocenters. The summed E-state index contributed by atoms with van der Waals surface area (Å²) in [6.45, 7) is 6.44. The van der Waals surface area contributed by atoms with Gasteiger partial charge in [0, 0.05) is 19.3 Å². The molecule has 0 N–H and O–H groups in total. The molecule has 0 fully saturated rings. The lowest BCUT2D eigenvalue weighted by Crippen LogP contribution is -2.30. The largest absolute Gasteiger partial charge is 0.462 e. The van der Waals surface area contributed by atoms with Crippen molar-refractivity contribution in [2.45, 2.75) is 232 Å². The molecule has 6 heteroatoms. The summed E-state index contributed by atoms with van der Waals surface area (Å²) in [4.78, 5) is 38.0. The molecule has 0 spiro atoms. The fraction of sp³-hybridized carbons (Fsp3) is 0.623. The molecule has 0 amide bonds. The zero-order chi connectivity index (χ0) is 48.6. The van der Waals surface area contributed by atoms with Gasteiger partial charge in [0.05, 0.1) is 0 Å². The normalized spacial score (nSPS) is 13.1. The van der Waals surface area contributed by atoms with Crippen LogP contribution in [0, 0.1) is 0 Å². The van der Waals surface area contributed by atoms with Crippen molar-refractivity contribution < 1.29 is 28.6 Å². The Morgan fingerprint density at radius 2 is 0.552 bits per heavy atom. The van der Waals surface area contributed by atoms with Gasteiger partial charge in [-0.2, -0.15) is 0 Å². The zero-order valence-corrected chi connectivity index (χ0v) is 43.1. The Morgan fingerprint density at radius 3 is 0.896 bits per heavy atom. The molecule has 0 unspecified atom stereocenters. The molecular weight excluding hydrogens is 829 g/mol. The van der Waals surface area contributed by atoms with E-state index in [1.165, 1.54) is 77.0 Å². The third-order valence-electron chi connectivity index (χ3n) is 10.9. The summed E-state index contributed by atoms with van der Waals surface area (Å²) in [7, 11) is 0. The number of esters is 3. The van der Waals surface area contributed by atoms with Crippen LogP contribution in [0.3, 0.4) is 0 Å². The summed E-state index contributed by atoms with van der Waals surface area (Å²) in [5.74, 6) is -1.05. The van der Waals surface area contributed by atoms with E-state index < -0.39 is 6.10 Å². The van der Waals surface area contributed by atoms with Crippen LogP contribution in [0.25, 0.3) is 0 Å². The first-order chi connectivity index (χ1) is 33.0. The van der Waals surface area contributed by atoms with E-state index in [4.69, 9.17) is 14.2 Å². The highest BCUT2D eigenvalue weighted by atomic mass is 16.6. The van der Waals surface area contributed by atoms with Crippen molar-refractivity contribution in [3.63, 3.8) is 0 Å². The van der Waals surface area contributed by atoms with Gasteiger partial charge in [0.2, 0.25) is 0 Å². The van der Waals surface area contributed by atoms with Crippen LogP contribution in [-0.2, 0) is 28.6 Å². The van der Waals surface area contributed by atoms with E-state index in [1.54, 1.807) is 0 Å². The smallest absolute Gasteiger partial charge is 0.306 e. The molecular formula is C61H98O6. The summed E-state index contributed by atoms with van der Waals surface area (Å²) < 4.78 is 16.7. The lowest BCUT2D eigenvalue weighted by atomic mass is 10.1. The van der Waals surface area contributed by atoms with Gasteiger partial charge in [-0.1, -0.05) is 194 Å². The summed E-state index contributed by atoms with van der Waals surface area (Å²) in [6.07, 6.45) is 74.7. The molecule has 0 radical (unpaired) electrons. The summed E-state index contributed by atoms with van der Waals surface area (Å²) in [6, 6.07) is 0. The number of allylic oxidation sites excluding steroid dienone is 20. The first kappa shape index (κ1) is 62.8. The van der Waals surface area contributed by atoms with Crippen molar-refractivity contribution in [1.29, 1.82) is 0 Å². The fourth-order valence-electron chi connectivity index (χ4n) is 6.80. The number of unbranched alkanes of at least 4 members (excludes halogenated alkanes) is 16. The van der Waals surface area contributed by atoms with Crippen molar-refractivity contribution in [3.8, 4) is 0 Å². The molecule has 0 aromatic rings. The van der Waals surface area contributed by atoms with Crippen LogP contribution in [-0.4, -0.2) is 37.2 Å². The lowest BCUT2D eigenvalue weighted by Gasteiger charge is -2.18. The van der Waals surface area contributed by atoms with E-state index in [0.717, 1.165) is 96.3 Å². The van der Waals surface area contributed by atoms with E-state index in [-0.39, 0.29) is 44.0 Å². The second-order valence-electron chi connectivity index (χ2n) is 17.4. The van der Waals surface area contributed by atoms with Gasteiger partial charge >= 0.3 is 17.9 Å². The van der Waals surface area contributed by atoms with E-state index in [1.807, 2.05) is 0 Å². The maximum atomic E-state index is 12.8. The van der Waals surface area contributed by atoms with Crippen molar-refractivity contribution in [2.24, 2.45) is 0 Å². The first-order valence-corrected chi connectivity index (χ1v) is 27.0. The summed E-state index contributed by atoms with van der Waals surface area (Å²) in [5.41, 5.74) is 0. The predicted octanol–water partition coefficient (Wildman–Crippen LogP) is 18.1. The Kier molecular flexibility index (Phi) is 51.0. The summed E-state index contributed by atoms with van der Waals surface area (Å²) in [5, 5.41) is 0. The molecule has 0 heterocycles. The van der Waals surface area contributed by atoms with Crippen molar-refractivity contribution in [3.05, 3.63) is 122 Å². The van der Waals surface area contributed by atoms with Crippen LogP contribution in [0.2, 0.25) is 0 Å². The molecule has 0 aliphatic heterocycles. The minimum atomic E-state index is -0.835. The highest BCUT2D eigenvalue weighted by Gasteiger charge is 2.19. The van der Waals surface area contributed by atoms with Gasteiger partial charge in [-0.25, -0.2) is 0 Å². The predicted molar refractivity (Wildman–Crippen MR) is 288 cm³/mol. The Bertz CT molecular complexity index is 1440. The monoisotopic (exact) mass is 927 g/mol. The Balaban J connectivity index is 4.60. The number of rotatable bonds is 47. The topological polar surface area (TPSA) is 78.9 Å². The maximum absolute atomic E-state index is 12.8. The van der Waals surface area contributed by atoms with Gasteiger partial charge in [0.15, 0.2) is 6.10 Å². The Hall–Kier alpha value is -4.19. The van der Waals surface area contributed by atoms with Crippen LogP contribution in [0.5, 0.6) is 0 Å². The minimum Gasteiger partial charge on any atom is -0.462 e. The van der Waals surface area contributed by atoms with Gasteiger partial charge in [-0.15, -0.1) is 0 Å². The van der Waals surface area contributed by atoms with E-state index in [9.17, 15) is 14.4 Å². The van der Waals surface area contributed by atoms with Crippen LogP contribution in [0.1, 0.15) is 226 Å². The molecule has 67 heavy (non-hydrogen) atoms. The Morgan fingerprint density at radius 1 is 0.299 bits per heavy atom. The van der Waals surface area contributed by atoms with E-state index >= 15 is 0 Å². The van der Waals surface area contributed by atoms with Crippen LogP contribution in [0.4, 0.5) is 0 Å². The molecule has 0 saturated heterocycles. The molecule has 0 aliphatic carbocycles. The van der Waals surface area contributed by atoms with Gasteiger partial charge in [-0.05, 0) is 135 Å². The molecule has 0 aliphatic rings. The number of carbonyl (C=O) groups excluding carboxylic acids is 3. The number of ether oxygens (including phenoxy) is 3. The maximum Gasteiger partial charge on any atom is 0.306 e. The first-order valence-electron chi connectivity index (χ1n) is 27.0. The SMILES string of the molecule is CCCCC/C=C\C/C=C\C/C=C\C/C=C\CCCC(=O)O[C@@H](COC(=O)CCCC/C=C\C/C=C\C/C=C\CCCCC)COC(=O)CCCCCC/C=C\C/C=C\C/C=C\CCCCC. The number of hydrogen-bond donors (Lipinski definition) is 0. The average Bonchev–Trinajstić information content (AvgIpc) is 3.33. The second-order valence-corrected chi connectivity index (χ2v) is 17.4.